The molecule has 0 aromatic carbocycles. The summed E-state index contributed by atoms with van der Waals surface area (Å²) in [6.07, 6.45) is 4.97. The number of carbonyl (C=O) groups excluding carboxylic acids is 1. The first-order valence-corrected chi connectivity index (χ1v) is 10.2. The number of hydrogen-bond acceptors (Lipinski definition) is 4. The summed E-state index contributed by atoms with van der Waals surface area (Å²) in [6.45, 7) is 5.39. The van der Waals surface area contributed by atoms with E-state index in [9.17, 15) is 13.2 Å². The van der Waals surface area contributed by atoms with Crippen LogP contribution in [0.15, 0.2) is 21.6 Å². The second-order valence-electron chi connectivity index (χ2n) is 7.08. The minimum Gasteiger partial charge on any atom is -0.438 e. The van der Waals surface area contributed by atoms with E-state index < -0.39 is 10.0 Å². The summed E-state index contributed by atoms with van der Waals surface area (Å²) in [5.74, 6) is 0.722. The van der Waals surface area contributed by atoms with E-state index in [0.717, 1.165) is 25.7 Å². The van der Waals surface area contributed by atoms with Crippen molar-refractivity contribution in [3.8, 4) is 0 Å². The van der Waals surface area contributed by atoms with Crippen molar-refractivity contribution in [1.82, 2.24) is 9.62 Å². The topological polar surface area (TPSA) is 79.6 Å². The lowest BCUT2D eigenvalue weighted by Crippen LogP contribution is -2.43. The molecule has 7 heteroatoms. The highest BCUT2D eigenvalue weighted by atomic mass is 32.2. The van der Waals surface area contributed by atoms with E-state index in [2.05, 4.69) is 19.2 Å². The summed E-state index contributed by atoms with van der Waals surface area (Å²) in [7, 11) is -3.62. The molecule has 2 heterocycles. The zero-order valence-electron chi connectivity index (χ0n) is 14.3. The third-order valence-corrected chi connectivity index (χ3v) is 7.26. The fourth-order valence-electron chi connectivity index (χ4n) is 3.66. The van der Waals surface area contributed by atoms with Gasteiger partial charge in [-0.3, -0.25) is 4.79 Å². The minimum atomic E-state index is -3.62. The third-order valence-electron chi connectivity index (χ3n) is 5.49. The average Bonchev–Trinajstić information content (AvgIpc) is 3.22. The van der Waals surface area contributed by atoms with Gasteiger partial charge in [-0.1, -0.05) is 26.7 Å². The van der Waals surface area contributed by atoms with Crippen molar-refractivity contribution in [2.45, 2.75) is 57.1 Å². The lowest BCUT2D eigenvalue weighted by Gasteiger charge is -2.34. The van der Waals surface area contributed by atoms with Crippen LogP contribution >= 0.6 is 0 Å². The van der Waals surface area contributed by atoms with Crippen molar-refractivity contribution in [3.63, 3.8) is 0 Å². The van der Waals surface area contributed by atoms with E-state index in [1.807, 2.05) is 0 Å². The second kappa shape index (κ2) is 6.88. The van der Waals surface area contributed by atoms with E-state index >= 15 is 0 Å². The molecule has 1 amide bonds. The maximum absolute atomic E-state index is 12.5. The van der Waals surface area contributed by atoms with Gasteiger partial charge in [0.25, 0.3) is 15.9 Å². The van der Waals surface area contributed by atoms with Gasteiger partial charge in [-0.05, 0) is 43.2 Å². The molecule has 6 nitrogen and oxygen atoms in total. The van der Waals surface area contributed by atoms with Gasteiger partial charge in [-0.15, -0.1) is 0 Å². The van der Waals surface area contributed by atoms with Crippen molar-refractivity contribution in [2.75, 3.05) is 13.1 Å². The van der Waals surface area contributed by atoms with E-state index in [1.54, 1.807) is 0 Å². The number of rotatable bonds is 4. The molecular weight excluding hydrogens is 328 g/mol. The van der Waals surface area contributed by atoms with Crippen LogP contribution in [-0.2, 0) is 10.0 Å². The first-order valence-electron chi connectivity index (χ1n) is 8.80. The van der Waals surface area contributed by atoms with Gasteiger partial charge in [0, 0.05) is 19.1 Å². The van der Waals surface area contributed by atoms with Crippen LogP contribution in [0.1, 0.15) is 56.5 Å². The molecule has 0 radical (unpaired) electrons. The number of hydrogen-bond donors (Lipinski definition) is 1. The van der Waals surface area contributed by atoms with Crippen LogP contribution in [0.5, 0.6) is 0 Å². The van der Waals surface area contributed by atoms with E-state index in [4.69, 9.17) is 4.42 Å². The molecule has 2 aliphatic rings. The molecule has 2 fully saturated rings. The summed E-state index contributed by atoms with van der Waals surface area (Å²) < 4.78 is 31.7. The normalized spacial score (nSPS) is 28.8. The highest BCUT2D eigenvalue weighted by Gasteiger charge is 2.32. The third kappa shape index (κ3) is 3.37. The van der Waals surface area contributed by atoms with E-state index in [0.29, 0.717) is 24.9 Å². The Morgan fingerprint density at radius 3 is 2.58 bits per heavy atom. The number of nitrogens with zero attached hydrogens (tertiary/aromatic N) is 1. The van der Waals surface area contributed by atoms with Crippen molar-refractivity contribution < 1.29 is 17.6 Å². The molecule has 1 aliphatic carbocycles. The van der Waals surface area contributed by atoms with Crippen LogP contribution in [0.2, 0.25) is 0 Å². The van der Waals surface area contributed by atoms with Crippen LogP contribution < -0.4 is 5.32 Å². The Morgan fingerprint density at radius 2 is 1.88 bits per heavy atom. The van der Waals surface area contributed by atoms with Crippen LogP contribution in [-0.4, -0.2) is 37.8 Å². The Kier molecular flexibility index (Phi) is 5.01. The van der Waals surface area contributed by atoms with Crippen LogP contribution in [0.25, 0.3) is 0 Å². The Hall–Kier alpha value is -1.34. The van der Waals surface area contributed by atoms with Gasteiger partial charge in [-0.2, -0.15) is 4.31 Å². The molecule has 0 spiro atoms. The quantitative estimate of drug-likeness (QED) is 0.901. The zero-order chi connectivity index (χ0) is 17.3. The Morgan fingerprint density at radius 1 is 1.17 bits per heavy atom. The zero-order valence-corrected chi connectivity index (χ0v) is 15.1. The molecule has 1 aliphatic heterocycles. The molecule has 134 valence electrons. The molecule has 1 aromatic rings. The summed E-state index contributed by atoms with van der Waals surface area (Å²) in [4.78, 5) is 12.4. The molecule has 1 saturated carbocycles. The molecule has 1 saturated heterocycles. The smallest absolute Gasteiger partial charge is 0.287 e. The minimum absolute atomic E-state index is 0.0678. The molecule has 3 atom stereocenters. The van der Waals surface area contributed by atoms with E-state index in [-0.39, 0.29) is 22.8 Å². The van der Waals surface area contributed by atoms with Crippen molar-refractivity contribution in [2.24, 2.45) is 11.8 Å². The van der Waals surface area contributed by atoms with Gasteiger partial charge in [-0.25, -0.2) is 8.42 Å². The summed E-state index contributed by atoms with van der Waals surface area (Å²) >= 11 is 0. The number of nitrogens with one attached hydrogen (secondary N) is 1. The van der Waals surface area contributed by atoms with Gasteiger partial charge >= 0.3 is 0 Å². The summed E-state index contributed by atoms with van der Waals surface area (Å²) in [6, 6.07) is 2.95. The molecule has 1 N–H and O–H groups in total. The number of carbonyl (C=O) groups is 1. The molecule has 1 aromatic heterocycles. The Labute approximate surface area is 143 Å². The number of sulfonamides is 1. The van der Waals surface area contributed by atoms with Gasteiger partial charge in [0.2, 0.25) is 5.09 Å². The van der Waals surface area contributed by atoms with Gasteiger partial charge in [0.05, 0.1) is 0 Å². The fraction of sp³-hybridized carbons (Fsp3) is 0.706. The van der Waals surface area contributed by atoms with E-state index in [1.165, 1.54) is 22.9 Å². The summed E-state index contributed by atoms with van der Waals surface area (Å²) in [5.41, 5.74) is 0. The highest BCUT2D eigenvalue weighted by Crippen LogP contribution is 2.30. The first-order chi connectivity index (χ1) is 11.4. The van der Waals surface area contributed by atoms with Crippen LogP contribution in [0.3, 0.4) is 0 Å². The monoisotopic (exact) mass is 354 g/mol. The molecule has 0 unspecified atom stereocenters. The highest BCUT2D eigenvalue weighted by molar-refractivity contribution is 7.89. The van der Waals surface area contributed by atoms with Gasteiger partial charge in [0.15, 0.2) is 5.76 Å². The van der Waals surface area contributed by atoms with Crippen molar-refractivity contribution in [3.05, 3.63) is 17.9 Å². The number of amides is 1. The lowest BCUT2D eigenvalue weighted by atomic mass is 9.78. The molecule has 0 bridgehead atoms. The Balaban J connectivity index is 1.69. The molecular formula is C17H26N2O4S. The van der Waals surface area contributed by atoms with Crippen LogP contribution in [0, 0.1) is 11.8 Å². The number of furan rings is 1. The summed E-state index contributed by atoms with van der Waals surface area (Å²) in [5, 5.41) is 2.87. The molecule has 3 rings (SSSR count). The van der Waals surface area contributed by atoms with Gasteiger partial charge in [0.1, 0.15) is 0 Å². The standard InChI is InChI=1S/C17H26N2O4S/c1-12-6-5-7-14(13(12)2)18-17(20)15-8-9-16(23-15)24(21,22)19-10-3-4-11-19/h8-9,12-14H,3-7,10-11H2,1-2H3,(H,18,20)/t12-,13+,14+/m1/s1. The average molecular weight is 354 g/mol. The van der Waals surface area contributed by atoms with Gasteiger partial charge < -0.3 is 9.73 Å². The maximum Gasteiger partial charge on any atom is 0.287 e. The second-order valence-corrected chi connectivity index (χ2v) is 8.95. The first kappa shape index (κ1) is 17.5. The predicted molar refractivity (Wildman–Crippen MR) is 90.1 cm³/mol. The van der Waals surface area contributed by atoms with Crippen molar-refractivity contribution >= 4 is 15.9 Å². The largest absolute Gasteiger partial charge is 0.438 e. The molecule has 24 heavy (non-hydrogen) atoms. The predicted octanol–water partition coefficient (Wildman–Crippen LogP) is 2.62. The SMILES string of the molecule is C[C@H]1[C@H](C)CCC[C@@H]1NC(=O)c1ccc(S(=O)(=O)N2CCCC2)o1. The Bertz CT molecular complexity index is 691. The van der Waals surface area contributed by atoms with Crippen LogP contribution in [0.4, 0.5) is 0 Å². The fourth-order valence-corrected chi connectivity index (χ4v) is 5.09. The maximum atomic E-state index is 12.5. The lowest BCUT2D eigenvalue weighted by molar-refractivity contribution is 0.0857. The van der Waals surface area contributed by atoms with Crippen molar-refractivity contribution in [1.29, 1.82) is 0 Å².